The van der Waals surface area contributed by atoms with E-state index in [0.717, 1.165) is 4.90 Å². The van der Waals surface area contributed by atoms with Crippen molar-refractivity contribution < 1.29 is 132 Å². The lowest BCUT2D eigenvalue weighted by molar-refractivity contribution is -0.151. The first-order valence-electron chi connectivity index (χ1n) is 24.8. The van der Waals surface area contributed by atoms with Gasteiger partial charge in [-0.15, -0.1) is 0 Å². The van der Waals surface area contributed by atoms with E-state index >= 15 is 0 Å². The van der Waals surface area contributed by atoms with Gasteiger partial charge in [0.1, 0.15) is 0 Å². The van der Waals surface area contributed by atoms with Crippen LogP contribution in [0.2, 0.25) is 0 Å². The van der Waals surface area contributed by atoms with Gasteiger partial charge >= 0.3 is 53.7 Å². The molecule has 0 unspecified atom stereocenters. The molecule has 0 spiro atoms. The topological polar surface area (TPSA) is 545 Å². The third-order valence-electron chi connectivity index (χ3n) is 11.3. The summed E-state index contributed by atoms with van der Waals surface area (Å²) in [5.41, 5.74) is 5.17. The Morgan fingerprint density at radius 1 is 0.229 bits per heavy atom. The second kappa shape index (κ2) is 38.1. The van der Waals surface area contributed by atoms with Crippen LogP contribution in [0, 0.1) is 0 Å². The zero-order valence-electron chi connectivity index (χ0n) is 45.1. The van der Waals surface area contributed by atoms with Gasteiger partial charge in [0.05, 0.1) is 117 Å². The molecule has 0 aliphatic heterocycles. The average Bonchev–Trinajstić information content (AvgIpc) is 3.37. The van der Waals surface area contributed by atoms with Crippen molar-refractivity contribution in [3.05, 3.63) is 0 Å². The van der Waals surface area contributed by atoms with Crippen molar-refractivity contribution in [2.45, 2.75) is 57.8 Å². The van der Waals surface area contributed by atoms with Crippen LogP contribution in [0.1, 0.15) is 57.8 Å². The molecule has 0 atom stereocenters. The number of aliphatic carboxylic acids is 9. The number of carbonyl (C=O) groups excluding carboxylic acids is 9. The SMILES string of the molecule is CN(CCC(=O)O)CC(=O)N(CCC(=O)O)CC(=O)N(CCC(=O)O)CC(=O)N(CCC(=O)O)CC(=O)N(CCC(=O)O)CC(=O)N(CCC(=O)O)CC(=O)N(CCC(=O)O)CC(=O)N(CCC(=O)O)CC(=O)N(CCC(=O)O)CC(N)=O. The highest BCUT2D eigenvalue weighted by Crippen LogP contribution is 2.10. The summed E-state index contributed by atoms with van der Waals surface area (Å²) in [6.45, 7) is -15.8. The number of nitrogens with two attached hydrogens (primary N) is 1. The van der Waals surface area contributed by atoms with Crippen molar-refractivity contribution in [3.8, 4) is 0 Å². The smallest absolute Gasteiger partial charge is 0.305 e. The molecule has 0 saturated carbocycles. The highest BCUT2D eigenvalue weighted by atomic mass is 16.4. The molecule has 0 heterocycles. The number of hydrogen-bond donors (Lipinski definition) is 10. The van der Waals surface area contributed by atoms with Crippen LogP contribution in [0.4, 0.5) is 0 Å². The van der Waals surface area contributed by atoms with Gasteiger partial charge in [0.15, 0.2) is 0 Å². The van der Waals surface area contributed by atoms with Crippen LogP contribution in [-0.2, 0) is 86.3 Å². The second-order valence-corrected chi connectivity index (χ2v) is 18.0. The van der Waals surface area contributed by atoms with Crippen molar-refractivity contribution >= 4 is 107 Å². The van der Waals surface area contributed by atoms with Gasteiger partial charge in [0, 0.05) is 58.9 Å². The van der Waals surface area contributed by atoms with E-state index in [-0.39, 0.29) is 6.54 Å². The van der Waals surface area contributed by atoms with Crippen LogP contribution in [0.3, 0.4) is 0 Å². The van der Waals surface area contributed by atoms with Crippen molar-refractivity contribution in [3.63, 3.8) is 0 Å². The Kier molecular flexibility index (Phi) is 33.7. The van der Waals surface area contributed by atoms with Gasteiger partial charge in [0.2, 0.25) is 53.2 Å². The average molecular weight is 1190 g/mol. The van der Waals surface area contributed by atoms with Gasteiger partial charge in [-0.25, -0.2) is 0 Å². The fraction of sp³-hybridized carbons (Fsp3) is 0.609. The molecule has 464 valence electrons. The standard InChI is InChI=1S/C46H68N10O27/c1-48(11-2-38(66)67)21-30(58)50(13-4-40(70)71)23-32(60)52(15-6-42(74)75)25-34(62)54(17-8-44(78)79)27-36(64)56(19-10-46(82)83)28-37(65)55(18-9-45(80)81)26-35(63)53(16-7-43(76)77)24-33(61)51(14-5-41(72)73)22-31(59)49(20-29(47)57)12-3-39(68)69/h2-28H2,1H3,(H2,47,57)(H,66,67)(H,68,69)(H,70,71)(H,72,73)(H,74,75)(H,76,77)(H,78,79)(H,80,81)(H,82,83). The summed E-state index contributed by atoms with van der Waals surface area (Å²) in [6.07, 6.45) is -7.22. The predicted octanol–water partition coefficient (Wildman–Crippen LogP) is -6.70. The Balaban J connectivity index is 7.12. The molecule has 0 aliphatic carbocycles. The van der Waals surface area contributed by atoms with E-state index in [2.05, 4.69) is 0 Å². The minimum atomic E-state index is -1.58. The molecular formula is C46H68N10O27. The number of hydrogen-bond acceptors (Lipinski definition) is 19. The molecule has 0 radical (unpaired) electrons. The van der Waals surface area contributed by atoms with Gasteiger partial charge in [-0.3, -0.25) is 91.2 Å². The highest BCUT2D eigenvalue weighted by molar-refractivity contribution is 5.94. The van der Waals surface area contributed by atoms with Gasteiger partial charge in [-0.1, -0.05) is 0 Å². The molecular weight excluding hydrogens is 1120 g/mol. The fourth-order valence-corrected chi connectivity index (χ4v) is 6.91. The summed E-state index contributed by atoms with van der Waals surface area (Å²) in [7, 11) is 1.34. The van der Waals surface area contributed by atoms with Crippen LogP contribution in [-0.4, -0.2) is 322 Å². The molecule has 0 aromatic heterocycles. The molecule has 9 amide bonds. The van der Waals surface area contributed by atoms with E-state index in [1.165, 1.54) is 11.9 Å². The third-order valence-corrected chi connectivity index (χ3v) is 11.3. The number of carboxylic acid groups (broad SMARTS) is 9. The van der Waals surface area contributed by atoms with Crippen LogP contribution in [0.5, 0.6) is 0 Å². The maximum absolute atomic E-state index is 14.0. The lowest BCUT2D eigenvalue weighted by atomic mass is 10.2. The first-order valence-corrected chi connectivity index (χ1v) is 24.8. The summed E-state index contributed by atoms with van der Waals surface area (Å²) in [6, 6.07) is 0. The summed E-state index contributed by atoms with van der Waals surface area (Å²) in [4.78, 5) is 231. The largest absolute Gasteiger partial charge is 0.481 e. The van der Waals surface area contributed by atoms with Gasteiger partial charge < -0.3 is 90.9 Å². The summed E-state index contributed by atoms with van der Waals surface area (Å²) in [5.74, 6) is -24.2. The van der Waals surface area contributed by atoms with Crippen molar-refractivity contribution in [2.24, 2.45) is 5.73 Å². The van der Waals surface area contributed by atoms with Crippen LogP contribution < -0.4 is 5.73 Å². The molecule has 0 bridgehead atoms. The first-order chi connectivity index (χ1) is 38.6. The Bertz CT molecular complexity index is 2420. The normalized spacial score (nSPS) is 10.6. The van der Waals surface area contributed by atoms with E-state index in [1.54, 1.807) is 0 Å². The van der Waals surface area contributed by atoms with E-state index in [9.17, 15) is 122 Å². The predicted molar refractivity (Wildman–Crippen MR) is 270 cm³/mol. The van der Waals surface area contributed by atoms with Crippen molar-refractivity contribution in [2.75, 3.05) is 125 Å². The molecule has 11 N–H and O–H groups in total. The maximum Gasteiger partial charge on any atom is 0.305 e. The summed E-state index contributed by atoms with van der Waals surface area (Å²) < 4.78 is 0. The Morgan fingerprint density at radius 3 is 0.506 bits per heavy atom. The molecule has 37 heteroatoms. The third kappa shape index (κ3) is 33.6. The number of primary amides is 1. The molecule has 0 aromatic rings. The Hall–Kier alpha value is -9.58. The molecule has 0 rings (SSSR count). The molecule has 83 heavy (non-hydrogen) atoms. The van der Waals surface area contributed by atoms with Crippen molar-refractivity contribution in [1.29, 1.82) is 0 Å². The lowest BCUT2D eigenvalue weighted by Crippen LogP contribution is -2.53. The number of amides is 9. The quantitative estimate of drug-likeness (QED) is 0.0271. The molecule has 0 saturated heterocycles. The van der Waals surface area contributed by atoms with Gasteiger partial charge in [-0.05, 0) is 7.05 Å². The van der Waals surface area contributed by atoms with Gasteiger partial charge in [-0.2, -0.15) is 0 Å². The summed E-state index contributed by atoms with van der Waals surface area (Å²) >= 11 is 0. The molecule has 0 aliphatic rings. The highest BCUT2D eigenvalue weighted by Gasteiger charge is 2.32. The van der Waals surface area contributed by atoms with Crippen LogP contribution >= 0.6 is 0 Å². The second-order valence-electron chi connectivity index (χ2n) is 18.0. The Labute approximate surface area is 470 Å². The van der Waals surface area contributed by atoms with E-state index in [1.807, 2.05) is 0 Å². The minimum Gasteiger partial charge on any atom is -0.481 e. The molecule has 0 fully saturated rings. The number of nitrogens with zero attached hydrogens (tertiary/aromatic N) is 9. The maximum atomic E-state index is 14.0. The van der Waals surface area contributed by atoms with Crippen LogP contribution in [0.15, 0.2) is 0 Å². The lowest BCUT2D eigenvalue weighted by Gasteiger charge is -2.32. The number of rotatable bonds is 45. The van der Waals surface area contributed by atoms with E-state index < -0.39 is 276 Å². The number of carbonyl (C=O) groups is 18. The number of likely N-dealkylation sites (N-methyl/N-ethyl adjacent to an activating group) is 1. The zero-order valence-corrected chi connectivity index (χ0v) is 45.1. The monoisotopic (exact) mass is 1190 g/mol. The minimum absolute atomic E-state index is 0.162. The van der Waals surface area contributed by atoms with E-state index in [0.29, 0.717) is 34.3 Å². The fourth-order valence-electron chi connectivity index (χ4n) is 6.91. The van der Waals surface area contributed by atoms with Crippen molar-refractivity contribution in [1.82, 2.24) is 44.1 Å². The van der Waals surface area contributed by atoms with Crippen LogP contribution in [0.25, 0.3) is 0 Å². The zero-order chi connectivity index (χ0) is 63.7. The Morgan fingerprint density at radius 2 is 0.361 bits per heavy atom. The molecule has 37 nitrogen and oxygen atoms in total. The molecule has 0 aromatic carbocycles. The summed E-state index contributed by atoms with van der Waals surface area (Å²) in [5, 5.41) is 84.2. The number of carboxylic acids is 9. The van der Waals surface area contributed by atoms with E-state index in [4.69, 9.17) is 15.9 Å². The first kappa shape index (κ1) is 73.4. The van der Waals surface area contributed by atoms with Gasteiger partial charge in [0.25, 0.3) is 0 Å².